The second-order valence-corrected chi connectivity index (χ2v) is 4.52. The minimum atomic E-state index is -0.859. The van der Waals surface area contributed by atoms with Gasteiger partial charge in [-0.15, -0.1) is 0 Å². The molecule has 1 aromatic rings. The summed E-state index contributed by atoms with van der Waals surface area (Å²) in [5.41, 5.74) is 6.45. The Balaban J connectivity index is 2.92. The molecular weight excluding hydrogens is 246 g/mol. The largest absolute Gasteiger partial charge is 0.497 e. The van der Waals surface area contributed by atoms with Crippen molar-refractivity contribution in [3.63, 3.8) is 0 Å². The van der Waals surface area contributed by atoms with Gasteiger partial charge in [0.1, 0.15) is 11.5 Å². The van der Waals surface area contributed by atoms with Crippen LogP contribution < -0.4 is 15.2 Å². The van der Waals surface area contributed by atoms with E-state index in [9.17, 15) is 4.79 Å². The zero-order chi connectivity index (χ0) is 14.4. The summed E-state index contributed by atoms with van der Waals surface area (Å²) in [6.45, 7) is 2.11. The minimum absolute atomic E-state index is 0.0468. The highest BCUT2D eigenvalue weighted by Gasteiger charge is 2.21. The van der Waals surface area contributed by atoms with Crippen LogP contribution in [0.1, 0.15) is 24.8 Å². The van der Waals surface area contributed by atoms with E-state index in [2.05, 4.69) is 0 Å². The van der Waals surface area contributed by atoms with Gasteiger partial charge < -0.3 is 20.3 Å². The molecule has 2 unspecified atom stereocenters. The number of aliphatic carboxylic acids is 1. The summed E-state index contributed by atoms with van der Waals surface area (Å²) in [7, 11) is 3.18. The molecule has 0 aromatic heterocycles. The van der Waals surface area contributed by atoms with Crippen LogP contribution in [0.4, 0.5) is 0 Å². The molecular formula is C14H21NO4. The Morgan fingerprint density at radius 2 is 2.05 bits per heavy atom. The zero-order valence-electron chi connectivity index (χ0n) is 11.6. The monoisotopic (exact) mass is 267 g/mol. The topological polar surface area (TPSA) is 81.8 Å². The number of rotatable bonds is 7. The van der Waals surface area contributed by atoms with Gasteiger partial charge >= 0.3 is 5.97 Å². The lowest BCUT2D eigenvalue weighted by molar-refractivity contribution is -0.141. The van der Waals surface area contributed by atoms with Crippen LogP contribution in [0, 0.1) is 5.92 Å². The van der Waals surface area contributed by atoms with E-state index in [1.807, 2.05) is 19.1 Å². The standard InChI is InChI=1S/C14H21NO4/c1-9(6-10(8-15)14(16)17)12-5-4-11(18-2)7-13(12)19-3/h4-5,7,9-10H,6,8,15H2,1-3H3,(H,16,17). The van der Waals surface area contributed by atoms with E-state index in [0.717, 1.165) is 5.56 Å². The van der Waals surface area contributed by atoms with Gasteiger partial charge in [-0.25, -0.2) is 0 Å². The van der Waals surface area contributed by atoms with Crippen LogP contribution in [0.15, 0.2) is 18.2 Å². The molecule has 19 heavy (non-hydrogen) atoms. The molecule has 0 fully saturated rings. The third-order valence-corrected chi connectivity index (χ3v) is 3.24. The number of methoxy groups -OCH3 is 2. The van der Waals surface area contributed by atoms with Crippen molar-refractivity contribution in [3.8, 4) is 11.5 Å². The molecule has 5 heteroatoms. The molecule has 1 aromatic carbocycles. The molecule has 0 aliphatic carbocycles. The van der Waals surface area contributed by atoms with Gasteiger partial charge in [-0.3, -0.25) is 4.79 Å². The van der Waals surface area contributed by atoms with Crippen molar-refractivity contribution < 1.29 is 19.4 Å². The molecule has 0 saturated heterocycles. The van der Waals surface area contributed by atoms with Gasteiger partial charge in [0.05, 0.1) is 20.1 Å². The molecule has 0 amide bonds. The van der Waals surface area contributed by atoms with Gasteiger partial charge in [0.25, 0.3) is 0 Å². The Bertz CT molecular complexity index is 433. The highest BCUT2D eigenvalue weighted by atomic mass is 16.5. The highest BCUT2D eigenvalue weighted by molar-refractivity contribution is 5.70. The quantitative estimate of drug-likeness (QED) is 0.788. The van der Waals surface area contributed by atoms with E-state index >= 15 is 0 Å². The molecule has 0 bridgehead atoms. The second-order valence-electron chi connectivity index (χ2n) is 4.52. The fraction of sp³-hybridized carbons (Fsp3) is 0.500. The van der Waals surface area contributed by atoms with Crippen molar-refractivity contribution in [2.75, 3.05) is 20.8 Å². The molecule has 2 atom stereocenters. The molecule has 3 N–H and O–H groups in total. The average Bonchev–Trinajstić information content (AvgIpc) is 2.43. The Kier molecular flexibility index (Phi) is 5.63. The van der Waals surface area contributed by atoms with Crippen molar-refractivity contribution in [1.82, 2.24) is 0 Å². The summed E-state index contributed by atoms with van der Waals surface area (Å²) in [5, 5.41) is 9.05. The van der Waals surface area contributed by atoms with Crippen LogP contribution in [-0.2, 0) is 4.79 Å². The van der Waals surface area contributed by atoms with Crippen molar-refractivity contribution in [2.45, 2.75) is 19.3 Å². The summed E-state index contributed by atoms with van der Waals surface area (Å²) in [4.78, 5) is 11.0. The predicted molar refractivity (Wildman–Crippen MR) is 72.8 cm³/mol. The number of benzene rings is 1. The number of carboxylic acids is 1. The van der Waals surface area contributed by atoms with Crippen molar-refractivity contribution in [1.29, 1.82) is 0 Å². The van der Waals surface area contributed by atoms with Crippen LogP contribution in [0.3, 0.4) is 0 Å². The first kappa shape index (κ1) is 15.3. The summed E-state index contributed by atoms with van der Waals surface area (Å²) in [6.07, 6.45) is 0.481. The number of carboxylic acid groups (broad SMARTS) is 1. The maximum atomic E-state index is 11.0. The first-order valence-corrected chi connectivity index (χ1v) is 6.18. The minimum Gasteiger partial charge on any atom is -0.497 e. The van der Waals surface area contributed by atoms with Crippen LogP contribution in [0.5, 0.6) is 11.5 Å². The van der Waals surface area contributed by atoms with Gasteiger partial charge in [0, 0.05) is 12.6 Å². The van der Waals surface area contributed by atoms with Gasteiger partial charge in [0.2, 0.25) is 0 Å². The van der Waals surface area contributed by atoms with Crippen molar-refractivity contribution in [2.24, 2.45) is 11.7 Å². The number of hydrogen-bond donors (Lipinski definition) is 2. The SMILES string of the molecule is COc1ccc(C(C)CC(CN)C(=O)O)c(OC)c1. The fourth-order valence-electron chi connectivity index (χ4n) is 2.08. The molecule has 0 aliphatic heterocycles. The summed E-state index contributed by atoms with van der Waals surface area (Å²) in [6, 6.07) is 5.54. The lowest BCUT2D eigenvalue weighted by Gasteiger charge is -2.19. The van der Waals surface area contributed by atoms with E-state index in [1.54, 1.807) is 20.3 Å². The van der Waals surface area contributed by atoms with E-state index in [0.29, 0.717) is 17.9 Å². The number of nitrogens with two attached hydrogens (primary N) is 1. The molecule has 0 radical (unpaired) electrons. The highest BCUT2D eigenvalue weighted by Crippen LogP contribution is 2.33. The fourth-order valence-corrected chi connectivity index (χ4v) is 2.08. The molecule has 0 heterocycles. The third-order valence-electron chi connectivity index (χ3n) is 3.24. The molecule has 0 saturated carbocycles. The Labute approximate surface area is 113 Å². The van der Waals surface area contributed by atoms with Crippen LogP contribution in [0.25, 0.3) is 0 Å². The first-order valence-electron chi connectivity index (χ1n) is 6.18. The summed E-state index contributed by atoms with van der Waals surface area (Å²) in [5.74, 6) is 0.0589. The van der Waals surface area contributed by atoms with Crippen LogP contribution in [-0.4, -0.2) is 31.8 Å². The molecule has 0 aliphatic rings. The van der Waals surface area contributed by atoms with Gasteiger partial charge in [-0.1, -0.05) is 13.0 Å². The maximum Gasteiger partial charge on any atom is 0.307 e. The first-order chi connectivity index (χ1) is 9.03. The Morgan fingerprint density at radius 1 is 1.37 bits per heavy atom. The van der Waals surface area contributed by atoms with Gasteiger partial charge in [0.15, 0.2) is 0 Å². The van der Waals surface area contributed by atoms with E-state index in [1.165, 1.54) is 0 Å². The normalized spacial score (nSPS) is 13.7. The smallest absolute Gasteiger partial charge is 0.307 e. The number of hydrogen-bond acceptors (Lipinski definition) is 4. The average molecular weight is 267 g/mol. The lowest BCUT2D eigenvalue weighted by Crippen LogP contribution is -2.24. The molecule has 1 rings (SSSR count). The van der Waals surface area contributed by atoms with Gasteiger partial charge in [-0.05, 0) is 24.0 Å². The van der Waals surface area contributed by atoms with Crippen molar-refractivity contribution >= 4 is 5.97 Å². The second kappa shape index (κ2) is 6.99. The zero-order valence-corrected chi connectivity index (χ0v) is 11.6. The van der Waals surface area contributed by atoms with Gasteiger partial charge in [-0.2, -0.15) is 0 Å². The van der Waals surface area contributed by atoms with E-state index < -0.39 is 11.9 Å². The van der Waals surface area contributed by atoms with Crippen LogP contribution >= 0.6 is 0 Å². The molecule has 0 spiro atoms. The Morgan fingerprint density at radius 3 is 2.53 bits per heavy atom. The number of carbonyl (C=O) groups is 1. The van der Waals surface area contributed by atoms with Crippen LogP contribution in [0.2, 0.25) is 0 Å². The third kappa shape index (κ3) is 3.86. The molecule has 5 nitrogen and oxygen atoms in total. The Hall–Kier alpha value is -1.75. The summed E-state index contributed by atoms with van der Waals surface area (Å²) < 4.78 is 10.5. The molecule has 106 valence electrons. The predicted octanol–water partition coefficient (Wildman–Crippen LogP) is 1.86. The van der Waals surface area contributed by atoms with Crippen molar-refractivity contribution in [3.05, 3.63) is 23.8 Å². The van der Waals surface area contributed by atoms with E-state index in [-0.39, 0.29) is 12.5 Å². The van der Waals surface area contributed by atoms with E-state index in [4.69, 9.17) is 20.3 Å². The number of ether oxygens (including phenoxy) is 2. The maximum absolute atomic E-state index is 11.0. The summed E-state index contributed by atoms with van der Waals surface area (Å²) >= 11 is 0. The lowest BCUT2D eigenvalue weighted by atomic mass is 9.89.